The van der Waals surface area contributed by atoms with E-state index in [-0.39, 0.29) is 5.91 Å². The number of fused-ring (bicyclic) bond motifs is 1. The van der Waals surface area contributed by atoms with Crippen LogP contribution in [0, 0.1) is 12.8 Å². The normalized spacial score (nSPS) is 14.0. The lowest BCUT2D eigenvalue weighted by molar-refractivity contribution is -0.128. The molecule has 4 rings (SSSR count). The van der Waals surface area contributed by atoms with Gasteiger partial charge < -0.3 is 4.90 Å². The minimum atomic E-state index is 0.228. The van der Waals surface area contributed by atoms with Crippen LogP contribution in [0.4, 0.5) is 0 Å². The molecular weight excluding hydrogens is 394 g/mol. The van der Waals surface area contributed by atoms with Gasteiger partial charge in [0, 0.05) is 28.9 Å². The third-order valence-electron chi connectivity index (χ3n) is 4.65. The maximum atomic E-state index is 12.8. The number of carbonyl (C=O) groups is 1. The molecule has 0 N–H and O–H groups in total. The molecular formula is C20H23N3OS3. The zero-order valence-corrected chi connectivity index (χ0v) is 18.1. The summed E-state index contributed by atoms with van der Waals surface area (Å²) in [6.45, 7) is 5.83. The van der Waals surface area contributed by atoms with Gasteiger partial charge >= 0.3 is 0 Å². The molecule has 4 nitrogen and oxygen atoms in total. The molecule has 142 valence electrons. The van der Waals surface area contributed by atoms with Crippen LogP contribution in [0.25, 0.3) is 20.7 Å². The Labute approximate surface area is 172 Å². The van der Waals surface area contributed by atoms with E-state index in [1.807, 2.05) is 11.8 Å². The van der Waals surface area contributed by atoms with Crippen molar-refractivity contribution in [3.8, 4) is 10.4 Å². The topological polar surface area (TPSA) is 46.1 Å². The summed E-state index contributed by atoms with van der Waals surface area (Å²) >= 11 is 4.94. The number of nitrogens with zero attached hydrogens (tertiary/aromatic N) is 3. The fourth-order valence-corrected chi connectivity index (χ4v) is 6.01. The van der Waals surface area contributed by atoms with Crippen molar-refractivity contribution in [2.24, 2.45) is 5.92 Å². The number of rotatable bonds is 8. The quantitative estimate of drug-likeness (QED) is 0.360. The Kier molecular flexibility index (Phi) is 5.80. The highest BCUT2D eigenvalue weighted by Gasteiger charge is 2.26. The minimum absolute atomic E-state index is 0.228. The smallest absolute Gasteiger partial charge is 0.232 e. The largest absolute Gasteiger partial charge is 0.342 e. The number of thioether (sulfide) groups is 1. The summed E-state index contributed by atoms with van der Waals surface area (Å²) in [4.78, 5) is 26.4. The van der Waals surface area contributed by atoms with Crippen molar-refractivity contribution < 1.29 is 4.79 Å². The summed E-state index contributed by atoms with van der Waals surface area (Å²) in [5.41, 5.74) is 1.18. The number of aryl methyl sites for hydroxylation is 1. The molecule has 1 aliphatic rings. The molecule has 0 atom stereocenters. The van der Waals surface area contributed by atoms with Gasteiger partial charge in [-0.3, -0.25) is 4.79 Å². The van der Waals surface area contributed by atoms with Gasteiger partial charge in [-0.05, 0) is 43.6 Å². The van der Waals surface area contributed by atoms with E-state index in [4.69, 9.17) is 0 Å². The van der Waals surface area contributed by atoms with Gasteiger partial charge in [-0.25, -0.2) is 9.97 Å². The average Bonchev–Trinajstić information content (AvgIpc) is 3.13. The van der Waals surface area contributed by atoms with E-state index in [1.165, 1.54) is 23.3 Å². The molecule has 1 saturated carbocycles. The first-order valence-electron chi connectivity index (χ1n) is 9.36. The van der Waals surface area contributed by atoms with Crippen LogP contribution in [0.15, 0.2) is 27.9 Å². The van der Waals surface area contributed by atoms with E-state index in [2.05, 4.69) is 39.8 Å². The monoisotopic (exact) mass is 417 g/mol. The Balaban J connectivity index is 1.57. The van der Waals surface area contributed by atoms with Crippen LogP contribution in [-0.2, 0) is 4.79 Å². The summed E-state index contributed by atoms with van der Waals surface area (Å²) in [7, 11) is 0. The van der Waals surface area contributed by atoms with Crippen LogP contribution in [0.2, 0.25) is 0 Å². The maximum Gasteiger partial charge on any atom is 0.232 e. The molecule has 3 aromatic rings. The molecule has 0 aromatic carbocycles. The molecule has 0 bridgehead atoms. The van der Waals surface area contributed by atoms with E-state index in [9.17, 15) is 4.79 Å². The molecule has 0 radical (unpaired) electrons. The van der Waals surface area contributed by atoms with Crippen molar-refractivity contribution in [3.05, 3.63) is 28.7 Å². The fraction of sp³-hybridized carbons (Fsp3) is 0.450. The zero-order chi connectivity index (χ0) is 18.8. The van der Waals surface area contributed by atoms with E-state index in [0.29, 0.717) is 5.75 Å². The lowest BCUT2D eigenvalue weighted by atomic mass is 10.2. The van der Waals surface area contributed by atoms with Gasteiger partial charge in [0.1, 0.15) is 15.7 Å². The predicted molar refractivity (Wildman–Crippen MR) is 116 cm³/mol. The molecule has 27 heavy (non-hydrogen) atoms. The molecule has 0 unspecified atom stereocenters. The zero-order valence-electron chi connectivity index (χ0n) is 15.6. The number of aromatic nitrogens is 2. The average molecular weight is 418 g/mol. The molecule has 7 heteroatoms. The van der Waals surface area contributed by atoms with Crippen molar-refractivity contribution in [1.82, 2.24) is 14.9 Å². The van der Waals surface area contributed by atoms with Gasteiger partial charge in [-0.15, -0.1) is 22.7 Å². The summed E-state index contributed by atoms with van der Waals surface area (Å²) in [6.07, 6.45) is 3.55. The molecule has 1 amide bonds. The summed E-state index contributed by atoms with van der Waals surface area (Å²) in [5, 5.41) is 6.27. The number of thiophene rings is 2. The van der Waals surface area contributed by atoms with E-state index in [0.717, 1.165) is 46.5 Å². The molecule has 0 saturated heterocycles. The lowest BCUT2D eigenvalue weighted by Crippen LogP contribution is -2.34. The molecule has 3 aromatic heterocycles. The minimum Gasteiger partial charge on any atom is -0.342 e. The van der Waals surface area contributed by atoms with Crippen LogP contribution in [0.5, 0.6) is 0 Å². The Hall–Kier alpha value is -1.44. The van der Waals surface area contributed by atoms with E-state index >= 15 is 0 Å². The van der Waals surface area contributed by atoms with E-state index in [1.54, 1.807) is 34.4 Å². The number of hydrogen-bond acceptors (Lipinski definition) is 6. The third kappa shape index (κ3) is 4.36. The maximum absolute atomic E-state index is 12.8. The number of hydrogen-bond donors (Lipinski definition) is 0. The first kappa shape index (κ1) is 18.9. The highest BCUT2D eigenvalue weighted by Crippen LogP contribution is 2.40. The lowest BCUT2D eigenvalue weighted by Gasteiger charge is -2.21. The van der Waals surface area contributed by atoms with Crippen LogP contribution >= 0.6 is 34.4 Å². The van der Waals surface area contributed by atoms with Gasteiger partial charge in [0.05, 0.1) is 11.1 Å². The van der Waals surface area contributed by atoms with Gasteiger partial charge in [-0.2, -0.15) is 0 Å². The highest BCUT2D eigenvalue weighted by atomic mass is 32.2. The van der Waals surface area contributed by atoms with Crippen molar-refractivity contribution in [3.63, 3.8) is 0 Å². The molecule has 3 heterocycles. The van der Waals surface area contributed by atoms with Gasteiger partial charge in [-0.1, -0.05) is 24.8 Å². The highest BCUT2D eigenvalue weighted by molar-refractivity contribution is 8.00. The van der Waals surface area contributed by atoms with Crippen LogP contribution < -0.4 is 0 Å². The molecule has 1 aliphatic carbocycles. The molecule has 0 spiro atoms. The van der Waals surface area contributed by atoms with Crippen LogP contribution in [-0.4, -0.2) is 39.6 Å². The summed E-state index contributed by atoms with van der Waals surface area (Å²) in [5.74, 6) is 2.16. The van der Waals surface area contributed by atoms with Gasteiger partial charge in [0.2, 0.25) is 5.91 Å². The van der Waals surface area contributed by atoms with Crippen molar-refractivity contribution >= 4 is 50.6 Å². The Morgan fingerprint density at radius 1 is 1.33 bits per heavy atom. The van der Waals surface area contributed by atoms with Gasteiger partial charge in [0.15, 0.2) is 0 Å². The van der Waals surface area contributed by atoms with Crippen molar-refractivity contribution in [2.75, 3.05) is 18.8 Å². The number of amides is 1. The van der Waals surface area contributed by atoms with Crippen LogP contribution in [0.3, 0.4) is 0 Å². The van der Waals surface area contributed by atoms with E-state index < -0.39 is 0 Å². The second-order valence-electron chi connectivity index (χ2n) is 6.95. The second-order valence-corrected chi connectivity index (χ2v) is 9.72. The Morgan fingerprint density at radius 3 is 2.89 bits per heavy atom. The standard InChI is InChI=1S/C20H23N3OS3/c1-3-8-23(10-14-6-7-14)17(24)12-27-20-18-15(16-5-4-9-25-16)11-26-19(18)21-13(2)22-20/h4-5,9,11,14H,3,6-8,10,12H2,1-2H3. The SMILES string of the molecule is CCCN(CC1CC1)C(=O)CSc1nc(C)nc2scc(-c3cccs3)c12. The summed E-state index contributed by atoms with van der Waals surface area (Å²) in [6, 6.07) is 4.19. The first-order chi connectivity index (χ1) is 13.2. The Morgan fingerprint density at radius 2 is 2.19 bits per heavy atom. The predicted octanol–water partition coefficient (Wildman–Crippen LogP) is 5.47. The van der Waals surface area contributed by atoms with Crippen molar-refractivity contribution in [2.45, 2.75) is 38.1 Å². The molecule has 1 fully saturated rings. The Bertz CT molecular complexity index is 932. The first-order valence-corrected chi connectivity index (χ1v) is 12.1. The number of carbonyl (C=O) groups excluding carboxylic acids is 1. The fourth-order valence-electron chi connectivity index (χ4n) is 3.15. The van der Waals surface area contributed by atoms with Gasteiger partial charge in [0.25, 0.3) is 0 Å². The third-order valence-corrected chi connectivity index (χ3v) is 7.39. The molecule has 0 aliphatic heterocycles. The van der Waals surface area contributed by atoms with Crippen LogP contribution in [0.1, 0.15) is 32.0 Å². The second kappa shape index (κ2) is 8.29. The summed E-state index contributed by atoms with van der Waals surface area (Å²) < 4.78 is 0. The van der Waals surface area contributed by atoms with Crippen molar-refractivity contribution in [1.29, 1.82) is 0 Å².